The second-order valence-corrected chi connectivity index (χ2v) is 5.58. The van der Waals surface area contributed by atoms with Crippen molar-refractivity contribution in [1.29, 1.82) is 0 Å². The third-order valence-corrected chi connectivity index (χ3v) is 4.56. The molecule has 0 aliphatic carbocycles. The highest BCUT2D eigenvalue weighted by molar-refractivity contribution is 6.50. The van der Waals surface area contributed by atoms with E-state index in [2.05, 4.69) is 0 Å². The molecule has 0 aliphatic heterocycles. The molecular weight excluding hydrogens is 326 g/mol. The highest BCUT2D eigenvalue weighted by Crippen LogP contribution is 2.43. The first-order valence-corrected chi connectivity index (χ1v) is 6.87. The van der Waals surface area contributed by atoms with E-state index >= 15 is 0 Å². The summed E-state index contributed by atoms with van der Waals surface area (Å²) >= 11 is 24.4. The van der Waals surface area contributed by atoms with Crippen molar-refractivity contribution in [3.05, 3.63) is 55.5 Å². The van der Waals surface area contributed by atoms with Gasteiger partial charge in [-0.05, 0) is 23.3 Å². The van der Waals surface area contributed by atoms with Crippen LogP contribution in [-0.4, -0.2) is 0 Å². The van der Waals surface area contributed by atoms with E-state index in [1.165, 1.54) is 0 Å². The zero-order valence-electron chi connectivity index (χ0n) is 9.68. The molecule has 2 nitrogen and oxygen atoms in total. The van der Waals surface area contributed by atoms with Crippen molar-refractivity contribution in [3.63, 3.8) is 0 Å². The highest BCUT2D eigenvalue weighted by Gasteiger charge is 2.18. The predicted octanol–water partition coefficient (Wildman–Crippen LogP) is 5.06. The van der Waals surface area contributed by atoms with Gasteiger partial charge in [-0.2, -0.15) is 0 Å². The Kier molecular flexibility index (Phi) is 4.36. The summed E-state index contributed by atoms with van der Waals surface area (Å²) in [5.74, 6) is 0. The third-order valence-electron chi connectivity index (χ3n) is 2.75. The Bertz CT molecular complexity index is 595. The summed E-state index contributed by atoms with van der Waals surface area (Å²) in [5, 5.41) is 1.10. The lowest BCUT2D eigenvalue weighted by molar-refractivity contribution is 1.19. The molecule has 100 valence electrons. The molecule has 2 rings (SSSR count). The van der Waals surface area contributed by atoms with Gasteiger partial charge in [-0.3, -0.25) is 0 Å². The zero-order valence-corrected chi connectivity index (χ0v) is 12.7. The maximum Gasteiger partial charge on any atom is 0.0840 e. The molecule has 6 heteroatoms. The molecule has 0 aliphatic rings. The molecule has 0 radical (unpaired) electrons. The Morgan fingerprint density at radius 2 is 1.21 bits per heavy atom. The molecule has 0 spiro atoms. The standard InChI is InChI=1S/C13H10Cl4N2/c14-9-8(5-6-1-3-7(18)4-2-6)10(15)12(17)13(19)11(9)16/h1-4H,5,18-19H2. The van der Waals surface area contributed by atoms with Crippen molar-refractivity contribution in [2.45, 2.75) is 6.42 Å². The van der Waals surface area contributed by atoms with Crippen LogP contribution < -0.4 is 11.5 Å². The fourth-order valence-electron chi connectivity index (χ4n) is 1.69. The minimum Gasteiger partial charge on any atom is -0.399 e. The maximum atomic E-state index is 6.18. The van der Waals surface area contributed by atoms with Gasteiger partial charge in [-0.1, -0.05) is 58.5 Å². The lowest BCUT2D eigenvalue weighted by atomic mass is 10.0. The summed E-state index contributed by atoms with van der Waals surface area (Å²) in [4.78, 5) is 0. The topological polar surface area (TPSA) is 52.0 Å². The Morgan fingerprint density at radius 3 is 1.68 bits per heavy atom. The highest BCUT2D eigenvalue weighted by atomic mass is 35.5. The molecule has 4 N–H and O–H groups in total. The van der Waals surface area contributed by atoms with E-state index < -0.39 is 0 Å². The number of nitrogens with two attached hydrogens (primary N) is 2. The molecule has 0 fully saturated rings. The van der Waals surface area contributed by atoms with Crippen LogP contribution in [0.15, 0.2) is 24.3 Å². The molecule has 2 aromatic rings. The number of hydrogen-bond acceptors (Lipinski definition) is 2. The molecule has 0 heterocycles. The van der Waals surface area contributed by atoms with Crippen LogP contribution in [0.1, 0.15) is 11.1 Å². The average molecular weight is 336 g/mol. The van der Waals surface area contributed by atoms with E-state index in [1.54, 1.807) is 12.1 Å². The van der Waals surface area contributed by atoms with Gasteiger partial charge >= 0.3 is 0 Å². The Labute approximate surface area is 131 Å². The van der Waals surface area contributed by atoms with Gasteiger partial charge in [-0.15, -0.1) is 0 Å². The Balaban J connectivity index is 2.48. The quantitative estimate of drug-likeness (QED) is 0.595. The molecular formula is C13H10Cl4N2. The van der Waals surface area contributed by atoms with Crippen LogP contribution in [0.4, 0.5) is 11.4 Å². The number of benzene rings is 2. The van der Waals surface area contributed by atoms with E-state index in [-0.39, 0.29) is 15.7 Å². The minimum atomic E-state index is 0.194. The fraction of sp³-hybridized carbons (Fsp3) is 0.0769. The number of hydrogen-bond donors (Lipinski definition) is 2. The molecule has 0 atom stereocenters. The van der Waals surface area contributed by atoms with Crippen molar-refractivity contribution in [2.24, 2.45) is 0 Å². The third kappa shape index (κ3) is 2.87. The van der Waals surface area contributed by atoms with Crippen molar-refractivity contribution < 1.29 is 0 Å². The summed E-state index contributed by atoms with van der Waals surface area (Å²) in [6.07, 6.45) is 0.498. The molecule has 0 saturated carbocycles. The lowest BCUT2D eigenvalue weighted by Gasteiger charge is -2.13. The Hall–Kier alpha value is -0.800. The number of nitrogen functional groups attached to an aromatic ring is 2. The number of rotatable bonds is 2. The van der Waals surface area contributed by atoms with Crippen LogP contribution in [0.3, 0.4) is 0 Å². The molecule has 19 heavy (non-hydrogen) atoms. The van der Waals surface area contributed by atoms with E-state index in [0.29, 0.717) is 27.7 Å². The average Bonchev–Trinajstić information content (AvgIpc) is 2.41. The Morgan fingerprint density at radius 1 is 0.737 bits per heavy atom. The largest absolute Gasteiger partial charge is 0.399 e. The molecule has 0 saturated heterocycles. The van der Waals surface area contributed by atoms with Crippen LogP contribution >= 0.6 is 46.4 Å². The SMILES string of the molecule is Nc1ccc(Cc2c(Cl)c(Cl)c(N)c(Cl)c2Cl)cc1. The monoisotopic (exact) mass is 334 g/mol. The first kappa shape index (κ1) is 14.6. The predicted molar refractivity (Wildman–Crippen MR) is 84.6 cm³/mol. The number of anilines is 2. The first-order valence-electron chi connectivity index (χ1n) is 5.36. The van der Waals surface area contributed by atoms with E-state index in [9.17, 15) is 0 Å². The van der Waals surface area contributed by atoms with Crippen LogP contribution in [0.25, 0.3) is 0 Å². The van der Waals surface area contributed by atoms with Gasteiger partial charge in [0.25, 0.3) is 0 Å². The molecule has 0 unspecified atom stereocenters. The van der Waals surface area contributed by atoms with Gasteiger partial charge in [0.2, 0.25) is 0 Å². The number of halogens is 4. The summed E-state index contributed by atoms with van der Waals surface area (Å²) in [7, 11) is 0. The lowest BCUT2D eigenvalue weighted by Crippen LogP contribution is -1.97. The normalized spacial score (nSPS) is 10.7. The van der Waals surface area contributed by atoms with Crippen molar-refractivity contribution >= 4 is 57.8 Å². The van der Waals surface area contributed by atoms with Crippen LogP contribution in [0.2, 0.25) is 20.1 Å². The molecule has 2 aromatic carbocycles. The molecule has 0 bridgehead atoms. The van der Waals surface area contributed by atoms with E-state index in [1.807, 2.05) is 12.1 Å². The van der Waals surface area contributed by atoms with Gasteiger partial charge in [-0.25, -0.2) is 0 Å². The molecule has 0 aromatic heterocycles. The van der Waals surface area contributed by atoms with Gasteiger partial charge in [0.15, 0.2) is 0 Å². The van der Waals surface area contributed by atoms with Crippen molar-refractivity contribution in [2.75, 3.05) is 11.5 Å². The molecule has 0 amide bonds. The van der Waals surface area contributed by atoms with Gasteiger partial charge < -0.3 is 11.5 Å². The van der Waals surface area contributed by atoms with Crippen LogP contribution in [0, 0.1) is 0 Å². The first-order chi connectivity index (χ1) is 8.91. The van der Waals surface area contributed by atoms with E-state index in [4.69, 9.17) is 57.9 Å². The van der Waals surface area contributed by atoms with Gasteiger partial charge in [0.05, 0.1) is 25.8 Å². The second-order valence-electron chi connectivity index (χ2n) is 4.07. The van der Waals surface area contributed by atoms with Gasteiger partial charge in [0.1, 0.15) is 0 Å². The fourth-order valence-corrected chi connectivity index (χ4v) is 2.73. The summed E-state index contributed by atoms with van der Waals surface area (Å²) in [6, 6.07) is 7.38. The van der Waals surface area contributed by atoms with Crippen LogP contribution in [-0.2, 0) is 6.42 Å². The van der Waals surface area contributed by atoms with Gasteiger partial charge in [0, 0.05) is 12.1 Å². The van der Waals surface area contributed by atoms with Crippen LogP contribution in [0.5, 0.6) is 0 Å². The second kappa shape index (κ2) is 5.68. The smallest absolute Gasteiger partial charge is 0.0840 e. The van der Waals surface area contributed by atoms with E-state index in [0.717, 1.165) is 5.56 Å². The van der Waals surface area contributed by atoms with Crippen molar-refractivity contribution in [3.8, 4) is 0 Å². The van der Waals surface area contributed by atoms with Crippen molar-refractivity contribution in [1.82, 2.24) is 0 Å². The zero-order chi connectivity index (χ0) is 14.2. The summed E-state index contributed by atoms with van der Waals surface area (Å²) < 4.78 is 0. The summed E-state index contributed by atoms with van der Waals surface area (Å²) in [5.41, 5.74) is 13.9. The minimum absolute atomic E-state index is 0.194. The maximum absolute atomic E-state index is 6.18. The summed E-state index contributed by atoms with van der Waals surface area (Å²) in [6.45, 7) is 0.